The largest absolute Gasteiger partial charge is 0.345 e. The Morgan fingerprint density at radius 1 is 1.45 bits per heavy atom. The second-order valence-electron chi connectivity index (χ2n) is 2.60. The number of ether oxygens (including phenoxy) is 2. The molecule has 1 fully saturated rings. The van der Waals surface area contributed by atoms with E-state index in [1.165, 1.54) is 10.4 Å². The van der Waals surface area contributed by atoms with E-state index in [-0.39, 0.29) is 6.29 Å². The van der Waals surface area contributed by atoms with Crippen LogP contribution in [0.1, 0.15) is 16.7 Å². The van der Waals surface area contributed by atoms with Crippen LogP contribution in [0.25, 0.3) is 0 Å². The standard InChI is InChI=1S/C8H10O2S/c1-6-4-7(11-5-6)8-9-2-3-10-8/h4-5,8H,2-3H2,1H3. The normalized spacial score (nSPS) is 19.4. The van der Waals surface area contributed by atoms with Crippen molar-refractivity contribution in [3.05, 3.63) is 21.9 Å². The fourth-order valence-corrected chi connectivity index (χ4v) is 1.99. The van der Waals surface area contributed by atoms with Gasteiger partial charge in [-0.1, -0.05) is 0 Å². The van der Waals surface area contributed by atoms with Crippen molar-refractivity contribution in [3.8, 4) is 0 Å². The molecule has 0 unspecified atom stereocenters. The van der Waals surface area contributed by atoms with Gasteiger partial charge in [0.05, 0.1) is 18.1 Å². The van der Waals surface area contributed by atoms with Crippen LogP contribution >= 0.6 is 11.3 Å². The molecule has 0 spiro atoms. The number of aryl methyl sites for hydroxylation is 1. The van der Waals surface area contributed by atoms with Gasteiger partial charge in [-0.05, 0) is 23.9 Å². The maximum absolute atomic E-state index is 5.34. The monoisotopic (exact) mass is 170 g/mol. The summed E-state index contributed by atoms with van der Waals surface area (Å²) in [6.45, 7) is 3.53. The molecule has 1 aromatic heterocycles. The Morgan fingerprint density at radius 2 is 2.18 bits per heavy atom. The summed E-state index contributed by atoms with van der Waals surface area (Å²) in [6.07, 6.45) is -0.0892. The topological polar surface area (TPSA) is 18.5 Å². The van der Waals surface area contributed by atoms with Crippen LogP contribution in [-0.2, 0) is 9.47 Å². The van der Waals surface area contributed by atoms with Gasteiger partial charge in [0.25, 0.3) is 0 Å². The molecular weight excluding hydrogens is 160 g/mol. The first kappa shape index (κ1) is 7.28. The minimum absolute atomic E-state index is 0.0892. The summed E-state index contributed by atoms with van der Waals surface area (Å²) in [5.74, 6) is 0. The van der Waals surface area contributed by atoms with Crippen molar-refractivity contribution in [1.82, 2.24) is 0 Å². The molecule has 2 nitrogen and oxygen atoms in total. The highest BCUT2D eigenvalue weighted by atomic mass is 32.1. The van der Waals surface area contributed by atoms with Gasteiger partial charge < -0.3 is 9.47 Å². The van der Waals surface area contributed by atoms with Crippen LogP contribution in [0.15, 0.2) is 11.4 Å². The summed E-state index contributed by atoms with van der Waals surface area (Å²) in [5, 5.41) is 2.11. The third kappa shape index (κ3) is 1.45. The fraction of sp³-hybridized carbons (Fsp3) is 0.500. The lowest BCUT2D eigenvalue weighted by Crippen LogP contribution is -1.93. The van der Waals surface area contributed by atoms with E-state index in [4.69, 9.17) is 9.47 Å². The minimum Gasteiger partial charge on any atom is -0.345 e. The van der Waals surface area contributed by atoms with Crippen LogP contribution in [0.3, 0.4) is 0 Å². The molecule has 11 heavy (non-hydrogen) atoms. The fourth-order valence-electron chi connectivity index (χ4n) is 1.10. The van der Waals surface area contributed by atoms with Gasteiger partial charge in [0.15, 0.2) is 6.29 Å². The Balaban J connectivity index is 2.15. The van der Waals surface area contributed by atoms with E-state index >= 15 is 0 Å². The van der Waals surface area contributed by atoms with Crippen LogP contribution in [0.2, 0.25) is 0 Å². The number of hydrogen-bond acceptors (Lipinski definition) is 3. The molecule has 0 bridgehead atoms. The Labute approximate surface area is 69.8 Å². The van der Waals surface area contributed by atoms with Crippen molar-refractivity contribution in [2.24, 2.45) is 0 Å². The Hall–Kier alpha value is -0.380. The summed E-state index contributed by atoms with van der Waals surface area (Å²) < 4.78 is 10.7. The van der Waals surface area contributed by atoms with E-state index in [9.17, 15) is 0 Å². The van der Waals surface area contributed by atoms with Crippen LogP contribution in [0.5, 0.6) is 0 Å². The van der Waals surface area contributed by atoms with Gasteiger partial charge in [-0.25, -0.2) is 0 Å². The highest BCUT2D eigenvalue weighted by Crippen LogP contribution is 2.28. The van der Waals surface area contributed by atoms with Gasteiger partial charge in [-0.3, -0.25) is 0 Å². The highest BCUT2D eigenvalue weighted by Gasteiger charge is 2.19. The van der Waals surface area contributed by atoms with E-state index in [0.29, 0.717) is 0 Å². The lowest BCUT2D eigenvalue weighted by atomic mass is 10.3. The van der Waals surface area contributed by atoms with Crippen molar-refractivity contribution < 1.29 is 9.47 Å². The zero-order chi connectivity index (χ0) is 7.68. The Bertz CT molecular complexity index is 238. The van der Waals surface area contributed by atoms with E-state index in [0.717, 1.165) is 13.2 Å². The summed E-state index contributed by atoms with van der Waals surface area (Å²) >= 11 is 1.70. The molecule has 0 aromatic carbocycles. The van der Waals surface area contributed by atoms with E-state index < -0.39 is 0 Å². The molecule has 2 heterocycles. The maximum Gasteiger partial charge on any atom is 0.193 e. The van der Waals surface area contributed by atoms with Crippen LogP contribution in [0, 0.1) is 6.92 Å². The molecule has 1 aliphatic rings. The third-order valence-electron chi connectivity index (χ3n) is 1.60. The average molecular weight is 170 g/mol. The maximum atomic E-state index is 5.34. The number of hydrogen-bond donors (Lipinski definition) is 0. The zero-order valence-corrected chi connectivity index (χ0v) is 7.19. The predicted molar refractivity (Wildman–Crippen MR) is 43.7 cm³/mol. The van der Waals surface area contributed by atoms with Crippen molar-refractivity contribution in [2.75, 3.05) is 13.2 Å². The molecule has 0 atom stereocenters. The van der Waals surface area contributed by atoms with Gasteiger partial charge in [0.1, 0.15) is 0 Å². The molecule has 0 radical (unpaired) electrons. The van der Waals surface area contributed by atoms with Crippen molar-refractivity contribution in [1.29, 1.82) is 0 Å². The first-order chi connectivity index (χ1) is 5.36. The van der Waals surface area contributed by atoms with Crippen molar-refractivity contribution in [3.63, 3.8) is 0 Å². The molecule has 60 valence electrons. The number of rotatable bonds is 1. The smallest absolute Gasteiger partial charge is 0.193 e. The summed E-state index contributed by atoms with van der Waals surface area (Å²) in [4.78, 5) is 1.18. The minimum atomic E-state index is -0.0892. The van der Waals surface area contributed by atoms with Gasteiger partial charge in [0.2, 0.25) is 0 Å². The molecule has 0 aliphatic carbocycles. The molecule has 3 heteroatoms. The Kier molecular flexibility index (Phi) is 1.94. The second-order valence-corrected chi connectivity index (χ2v) is 3.54. The lowest BCUT2D eigenvalue weighted by molar-refractivity contribution is -0.0413. The highest BCUT2D eigenvalue weighted by molar-refractivity contribution is 7.10. The van der Waals surface area contributed by atoms with Crippen LogP contribution in [-0.4, -0.2) is 13.2 Å². The quantitative estimate of drug-likeness (QED) is 0.642. The first-order valence-electron chi connectivity index (χ1n) is 3.64. The summed E-state index contributed by atoms with van der Waals surface area (Å²) in [5.41, 5.74) is 1.28. The molecular formula is C8H10O2S. The van der Waals surface area contributed by atoms with Gasteiger partial charge in [-0.2, -0.15) is 0 Å². The van der Waals surface area contributed by atoms with Gasteiger partial charge in [0, 0.05) is 0 Å². The first-order valence-corrected chi connectivity index (χ1v) is 4.52. The SMILES string of the molecule is Cc1csc(C2OCCO2)c1. The van der Waals surface area contributed by atoms with E-state index in [1.54, 1.807) is 11.3 Å². The van der Waals surface area contributed by atoms with E-state index in [1.807, 2.05) is 0 Å². The molecule has 0 amide bonds. The Morgan fingerprint density at radius 3 is 2.73 bits per heavy atom. The van der Waals surface area contributed by atoms with E-state index in [2.05, 4.69) is 18.4 Å². The zero-order valence-electron chi connectivity index (χ0n) is 6.37. The molecule has 0 saturated carbocycles. The predicted octanol–water partition coefficient (Wildman–Crippen LogP) is 2.10. The molecule has 1 saturated heterocycles. The molecule has 1 aromatic rings. The number of thiophene rings is 1. The molecule has 2 rings (SSSR count). The summed E-state index contributed by atoms with van der Waals surface area (Å²) in [6, 6.07) is 2.11. The van der Waals surface area contributed by atoms with Crippen LogP contribution in [0.4, 0.5) is 0 Å². The van der Waals surface area contributed by atoms with Crippen molar-refractivity contribution >= 4 is 11.3 Å². The second kappa shape index (κ2) is 2.93. The molecule has 0 N–H and O–H groups in total. The van der Waals surface area contributed by atoms with Crippen molar-refractivity contribution in [2.45, 2.75) is 13.2 Å². The summed E-state index contributed by atoms with van der Waals surface area (Å²) in [7, 11) is 0. The van der Waals surface area contributed by atoms with Crippen LogP contribution < -0.4 is 0 Å². The van der Waals surface area contributed by atoms with Gasteiger partial charge in [-0.15, -0.1) is 11.3 Å². The average Bonchev–Trinajstić information content (AvgIpc) is 2.55. The van der Waals surface area contributed by atoms with Gasteiger partial charge >= 0.3 is 0 Å². The third-order valence-corrected chi connectivity index (χ3v) is 2.68. The lowest BCUT2D eigenvalue weighted by Gasteiger charge is -2.03. The molecule has 1 aliphatic heterocycles.